The lowest BCUT2D eigenvalue weighted by molar-refractivity contribution is -0.113. The van der Waals surface area contributed by atoms with Crippen LogP contribution in [0.5, 0.6) is 5.75 Å². The Hall–Kier alpha value is -2.46. The Morgan fingerprint density at radius 2 is 2.04 bits per heavy atom. The van der Waals surface area contributed by atoms with E-state index in [9.17, 15) is 4.79 Å². The molecular formula is C17H20N6O2S2. The van der Waals surface area contributed by atoms with Crippen LogP contribution in [-0.2, 0) is 24.9 Å². The summed E-state index contributed by atoms with van der Waals surface area (Å²) < 4.78 is 7.51. The summed E-state index contributed by atoms with van der Waals surface area (Å²) in [7, 11) is 1.85. The third-order valence-corrected chi connectivity index (χ3v) is 5.46. The Bertz CT molecular complexity index is 881. The summed E-state index contributed by atoms with van der Waals surface area (Å²) in [6.07, 6.45) is 1.87. The quantitative estimate of drug-likeness (QED) is 0.548. The highest BCUT2D eigenvalue weighted by Gasteiger charge is 2.13. The van der Waals surface area contributed by atoms with Crippen LogP contribution < -0.4 is 10.1 Å². The molecule has 0 saturated carbocycles. The SMILES string of the molecule is CCCc1nnc(NC(=O)CSc2nnc(COc3ccccc3)n2C)s1. The van der Waals surface area contributed by atoms with Crippen molar-refractivity contribution in [3.63, 3.8) is 0 Å². The number of amides is 1. The van der Waals surface area contributed by atoms with Gasteiger partial charge < -0.3 is 9.30 Å². The third-order valence-electron chi connectivity index (χ3n) is 3.55. The van der Waals surface area contributed by atoms with Crippen molar-refractivity contribution in [1.29, 1.82) is 0 Å². The van der Waals surface area contributed by atoms with Crippen LogP contribution in [0.2, 0.25) is 0 Å². The van der Waals surface area contributed by atoms with Crippen molar-refractivity contribution in [2.75, 3.05) is 11.1 Å². The number of aromatic nitrogens is 5. The third kappa shape index (κ3) is 5.51. The molecule has 0 radical (unpaired) electrons. The van der Waals surface area contributed by atoms with Crippen LogP contribution >= 0.6 is 23.1 Å². The maximum absolute atomic E-state index is 12.1. The number of hydrogen-bond acceptors (Lipinski definition) is 8. The van der Waals surface area contributed by atoms with Crippen LogP contribution in [0, 0.1) is 0 Å². The van der Waals surface area contributed by atoms with Gasteiger partial charge in [0.05, 0.1) is 5.75 Å². The summed E-state index contributed by atoms with van der Waals surface area (Å²) in [6, 6.07) is 9.52. The van der Waals surface area contributed by atoms with Gasteiger partial charge in [0, 0.05) is 13.5 Å². The zero-order valence-electron chi connectivity index (χ0n) is 15.1. The molecule has 3 aromatic rings. The number of nitrogens with one attached hydrogen (secondary N) is 1. The Balaban J connectivity index is 1.49. The topological polar surface area (TPSA) is 94.8 Å². The van der Waals surface area contributed by atoms with Gasteiger partial charge in [-0.1, -0.05) is 48.2 Å². The Morgan fingerprint density at radius 3 is 2.81 bits per heavy atom. The van der Waals surface area contributed by atoms with E-state index in [0.717, 1.165) is 23.6 Å². The first-order valence-corrected chi connectivity index (χ1v) is 10.3. The summed E-state index contributed by atoms with van der Waals surface area (Å²) in [6.45, 7) is 2.39. The van der Waals surface area contributed by atoms with Crippen molar-refractivity contribution in [2.45, 2.75) is 31.5 Å². The molecule has 1 aromatic carbocycles. The minimum atomic E-state index is -0.149. The molecule has 0 aliphatic carbocycles. The molecule has 0 spiro atoms. The van der Waals surface area contributed by atoms with E-state index in [1.807, 2.05) is 41.9 Å². The molecule has 3 rings (SSSR count). The lowest BCUT2D eigenvalue weighted by atomic mass is 10.3. The molecule has 142 valence electrons. The molecule has 0 aliphatic heterocycles. The van der Waals surface area contributed by atoms with E-state index in [1.165, 1.54) is 23.1 Å². The van der Waals surface area contributed by atoms with Crippen LogP contribution in [0.3, 0.4) is 0 Å². The average molecular weight is 405 g/mol. The zero-order chi connectivity index (χ0) is 19.1. The van der Waals surface area contributed by atoms with Crippen molar-refractivity contribution < 1.29 is 9.53 Å². The van der Waals surface area contributed by atoms with E-state index in [-0.39, 0.29) is 11.7 Å². The van der Waals surface area contributed by atoms with Crippen molar-refractivity contribution in [2.24, 2.45) is 7.05 Å². The molecule has 0 saturated heterocycles. The van der Waals surface area contributed by atoms with Gasteiger partial charge in [0.1, 0.15) is 17.4 Å². The molecule has 0 unspecified atom stereocenters. The predicted octanol–water partition coefficient (Wildman–Crippen LogP) is 2.93. The number of aryl methyl sites for hydroxylation is 1. The first-order chi connectivity index (χ1) is 13.2. The van der Waals surface area contributed by atoms with E-state index in [2.05, 4.69) is 32.6 Å². The van der Waals surface area contributed by atoms with E-state index in [4.69, 9.17) is 4.74 Å². The number of carbonyl (C=O) groups is 1. The molecule has 2 heterocycles. The fourth-order valence-electron chi connectivity index (χ4n) is 2.17. The number of hydrogen-bond donors (Lipinski definition) is 1. The number of carbonyl (C=O) groups excluding carboxylic acids is 1. The molecular weight excluding hydrogens is 384 g/mol. The van der Waals surface area contributed by atoms with Crippen molar-refractivity contribution in [1.82, 2.24) is 25.0 Å². The highest BCUT2D eigenvalue weighted by Crippen LogP contribution is 2.19. The molecule has 0 aliphatic rings. The Kier molecular flexibility index (Phi) is 6.77. The highest BCUT2D eigenvalue weighted by atomic mass is 32.2. The fourth-order valence-corrected chi connectivity index (χ4v) is 3.75. The van der Waals surface area contributed by atoms with Crippen LogP contribution in [0.15, 0.2) is 35.5 Å². The monoisotopic (exact) mass is 404 g/mol. The van der Waals surface area contributed by atoms with E-state index >= 15 is 0 Å². The molecule has 0 atom stereocenters. The summed E-state index contributed by atoms with van der Waals surface area (Å²) in [5, 5.41) is 21.2. The Morgan fingerprint density at radius 1 is 1.22 bits per heavy atom. The van der Waals surface area contributed by atoms with Crippen LogP contribution in [0.25, 0.3) is 0 Å². The molecule has 8 nitrogen and oxygen atoms in total. The zero-order valence-corrected chi connectivity index (χ0v) is 16.7. The first kappa shape index (κ1) is 19.3. The molecule has 0 fully saturated rings. The first-order valence-electron chi connectivity index (χ1n) is 8.47. The number of ether oxygens (including phenoxy) is 1. The summed E-state index contributed by atoms with van der Waals surface area (Å²) in [5.41, 5.74) is 0. The fraction of sp³-hybridized carbons (Fsp3) is 0.353. The largest absolute Gasteiger partial charge is 0.486 e. The summed E-state index contributed by atoms with van der Waals surface area (Å²) in [5.74, 6) is 1.53. The Labute approximate surface area is 165 Å². The number of nitrogens with zero attached hydrogens (tertiary/aromatic N) is 5. The number of rotatable bonds is 9. The number of benzene rings is 1. The van der Waals surface area contributed by atoms with E-state index < -0.39 is 0 Å². The minimum absolute atomic E-state index is 0.149. The number of anilines is 1. The van der Waals surface area contributed by atoms with Gasteiger partial charge in [-0.3, -0.25) is 10.1 Å². The second-order valence-electron chi connectivity index (χ2n) is 5.65. The van der Waals surface area contributed by atoms with Crippen molar-refractivity contribution >= 4 is 34.1 Å². The van der Waals surface area contributed by atoms with Crippen LogP contribution in [-0.4, -0.2) is 36.6 Å². The number of para-hydroxylation sites is 1. The van der Waals surface area contributed by atoms with Gasteiger partial charge >= 0.3 is 0 Å². The second kappa shape index (κ2) is 9.47. The van der Waals surface area contributed by atoms with E-state index in [0.29, 0.717) is 22.7 Å². The van der Waals surface area contributed by atoms with Gasteiger partial charge in [-0.2, -0.15) is 0 Å². The van der Waals surface area contributed by atoms with Crippen molar-refractivity contribution in [3.8, 4) is 5.75 Å². The molecule has 1 amide bonds. The molecule has 27 heavy (non-hydrogen) atoms. The van der Waals surface area contributed by atoms with Gasteiger partial charge in [0.2, 0.25) is 11.0 Å². The molecule has 0 bridgehead atoms. The maximum atomic E-state index is 12.1. The molecule has 1 N–H and O–H groups in total. The molecule has 2 aromatic heterocycles. The van der Waals surface area contributed by atoms with E-state index in [1.54, 1.807) is 0 Å². The summed E-state index contributed by atoms with van der Waals surface area (Å²) >= 11 is 2.72. The predicted molar refractivity (Wildman–Crippen MR) is 105 cm³/mol. The van der Waals surface area contributed by atoms with Crippen LogP contribution in [0.1, 0.15) is 24.2 Å². The molecule has 10 heteroatoms. The number of thioether (sulfide) groups is 1. The normalized spacial score (nSPS) is 10.7. The van der Waals surface area contributed by atoms with Gasteiger partial charge in [0.25, 0.3) is 0 Å². The van der Waals surface area contributed by atoms with Gasteiger partial charge in [-0.25, -0.2) is 0 Å². The summed E-state index contributed by atoms with van der Waals surface area (Å²) in [4.78, 5) is 12.1. The standard InChI is InChI=1S/C17H20N6O2S2/c1-3-7-15-20-21-16(27-15)18-14(24)11-26-17-22-19-13(23(17)2)10-25-12-8-5-4-6-9-12/h4-6,8-9H,3,7,10-11H2,1-2H3,(H,18,21,24). The van der Waals surface area contributed by atoms with Gasteiger partial charge in [0.15, 0.2) is 11.0 Å². The average Bonchev–Trinajstić information content (AvgIpc) is 3.26. The highest BCUT2D eigenvalue weighted by molar-refractivity contribution is 7.99. The van der Waals surface area contributed by atoms with Gasteiger partial charge in [-0.15, -0.1) is 20.4 Å². The lowest BCUT2D eigenvalue weighted by Gasteiger charge is -2.06. The van der Waals surface area contributed by atoms with Crippen LogP contribution in [0.4, 0.5) is 5.13 Å². The second-order valence-corrected chi connectivity index (χ2v) is 7.65. The van der Waals surface area contributed by atoms with Crippen molar-refractivity contribution in [3.05, 3.63) is 41.2 Å². The van der Waals surface area contributed by atoms with Gasteiger partial charge in [-0.05, 0) is 18.6 Å². The minimum Gasteiger partial charge on any atom is -0.486 e. The maximum Gasteiger partial charge on any atom is 0.236 e. The smallest absolute Gasteiger partial charge is 0.236 e. The lowest BCUT2D eigenvalue weighted by Crippen LogP contribution is -2.14.